The van der Waals surface area contributed by atoms with Crippen LogP contribution in [0.15, 0.2) is 32.8 Å². The molecule has 0 atom stereocenters. The fourth-order valence-corrected chi connectivity index (χ4v) is 1.80. The van der Waals surface area contributed by atoms with Gasteiger partial charge in [0.25, 0.3) is 0 Å². The van der Waals surface area contributed by atoms with Crippen molar-refractivity contribution in [3.63, 3.8) is 0 Å². The number of hydrogen-bond acceptors (Lipinski definition) is 1. The highest BCUT2D eigenvalue weighted by Gasteiger charge is 1.99. The van der Waals surface area contributed by atoms with Gasteiger partial charge in [0.05, 0.1) is 6.61 Å². The van der Waals surface area contributed by atoms with Gasteiger partial charge in [-0.25, -0.2) is 0 Å². The molecule has 3 heteroatoms. The first-order valence-electron chi connectivity index (χ1n) is 3.82. The smallest absolute Gasteiger partial charge is 0.0723 e. The van der Waals surface area contributed by atoms with Gasteiger partial charge in [0, 0.05) is 11.6 Å². The average Bonchev–Trinajstić information content (AvgIpc) is 2.16. The van der Waals surface area contributed by atoms with Crippen LogP contribution in [0.2, 0.25) is 0 Å². The van der Waals surface area contributed by atoms with E-state index >= 15 is 0 Å². The van der Waals surface area contributed by atoms with Crippen LogP contribution in [0.4, 0.5) is 0 Å². The van der Waals surface area contributed by atoms with Gasteiger partial charge in [0.1, 0.15) is 0 Å². The van der Waals surface area contributed by atoms with Crippen LogP contribution in [0.5, 0.6) is 0 Å². The normalized spacial score (nSPS) is 11.8. The average molecular weight is 353 g/mol. The highest BCUT2D eigenvalue weighted by atomic mass is 127. The molecule has 0 spiro atoms. The molecule has 0 aromatic heterocycles. The molecule has 0 saturated heterocycles. The van der Waals surface area contributed by atoms with Crippen molar-refractivity contribution >= 4 is 44.1 Å². The molecule has 0 aliphatic rings. The van der Waals surface area contributed by atoms with E-state index in [0.717, 1.165) is 4.47 Å². The van der Waals surface area contributed by atoms with Gasteiger partial charge in [-0.3, -0.25) is 0 Å². The standard InChI is InChI=1S/C10H10BrIO/c1-13-7-9(6-12)8-2-4-10(11)5-3-8/h2-6H,7H2,1H3. The Kier molecular flexibility index (Phi) is 4.98. The number of ether oxygens (including phenoxy) is 1. The molecule has 1 rings (SSSR count). The first-order chi connectivity index (χ1) is 6.27. The summed E-state index contributed by atoms with van der Waals surface area (Å²) in [5.74, 6) is 0. The lowest BCUT2D eigenvalue weighted by Gasteiger charge is -2.04. The Morgan fingerprint density at radius 2 is 2.08 bits per heavy atom. The van der Waals surface area contributed by atoms with E-state index in [1.807, 2.05) is 16.2 Å². The predicted octanol–water partition coefficient (Wildman–Crippen LogP) is 3.87. The van der Waals surface area contributed by atoms with E-state index in [0.29, 0.717) is 6.61 Å². The van der Waals surface area contributed by atoms with Crippen LogP contribution in [-0.2, 0) is 4.74 Å². The molecule has 13 heavy (non-hydrogen) atoms. The van der Waals surface area contributed by atoms with Gasteiger partial charge in [-0.15, -0.1) is 0 Å². The quantitative estimate of drug-likeness (QED) is 0.750. The Morgan fingerprint density at radius 3 is 2.54 bits per heavy atom. The molecule has 0 saturated carbocycles. The van der Waals surface area contributed by atoms with Gasteiger partial charge >= 0.3 is 0 Å². The predicted molar refractivity (Wildman–Crippen MR) is 68.0 cm³/mol. The lowest BCUT2D eigenvalue weighted by molar-refractivity contribution is 0.240. The number of benzene rings is 1. The fraction of sp³-hybridized carbons (Fsp3) is 0.200. The van der Waals surface area contributed by atoms with Crippen LogP contribution in [0.1, 0.15) is 5.56 Å². The van der Waals surface area contributed by atoms with E-state index < -0.39 is 0 Å². The number of methoxy groups -OCH3 is 1. The van der Waals surface area contributed by atoms with Gasteiger partial charge in [-0.2, -0.15) is 0 Å². The highest BCUT2D eigenvalue weighted by Crippen LogP contribution is 2.19. The minimum atomic E-state index is 0.657. The lowest BCUT2D eigenvalue weighted by Crippen LogP contribution is -1.92. The SMILES string of the molecule is COCC(=CI)c1ccc(Br)cc1. The molecule has 0 unspecified atom stereocenters. The van der Waals surface area contributed by atoms with Gasteiger partial charge in [-0.1, -0.05) is 50.7 Å². The van der Waals surface area contributed by atoms with Crippen molar-refractivity contribution in [1.29, 1.82) is 0 Å². The molecule has 0 fully saturated rings. The van der Waals surface area contributed by atoms with Crippen LogP contribution in [0.3, 0.4) is 0 Å². The third kappa shape index (κ3) is 3.40. The molecule has 1 aromatic carbocycles. The van der Waals surface area contributed by atoms with Gasteiger partial charge in [0.2, 0.25) is 0 Å². The number of halogens is 2. The maximum absolute atomic E-state index is 5.09. The van der Waals surface area contributed by atoms with Crippen molar-refractivity contribution in [2.45, 2.75) is 0 Å². The minimum absolute atomic E-state index is 0.657. The van der Waals surface area contributed by atoms with E-state index in [1.54, 1.807) is 7.11 Å². The first kappa shape index (κ1) is 11.2. The molecule has 0 bridgehead atoms. The second-order valence-corrected chi connectivity index (χ2v) is 4.11. The van der Waals surface area contributed by atoms with E-state index in [1.165, 1.54) is 11.1 Å². The van der Waals surface area contributed by atoms with E-state index in [-0.39, 0.29) is 0 Å². The summed E-state index contributed by atoms with van der Waals surface area (Å²) < 4.78 is 8.24. The largest absolute Gasteiger partial charge is 0.380 e. The zero-order chi connectivity index (χ0) is 9.68. The summed E-state index contributed by atoms with van der Waals surface area (Å²) in [5.41, 5.74) is 2.41. The third-order valence-corrected chi connectivity index (χ3v) is 2.93. The summed E-state index contributed by atoms with van der Waals surface area (Å²) in [4.78, 5) is 0. The Balaban J connectivity index is 2.87. The summed E-state index contributed by atoms with van der Waals surface area (Å²) in [7, 11) is 1.71. The molecular weight excluding hydrogens is 343 g/mol. The molecule has 0 radical (unpaired) electrons. The molecule has 0 heterocycles. The second kappa shape index (κ2) is 5.78. The Bertz CT molecular complexity index is 292. The number of rotatable bonds is 3. The maximum Gasteiger partial charge on any atom is 0.0723 e. The van der Waals surface area contributed by atoms with Crippen LogP contribution in [0.25, 0.3) is 5.57 Å². The Hall–Kier alpha value is 0.130. The van der Waals surface area contributed by atoms with Crippen molar-refractivity contribution in [3.8, 4) is 0 Å². The minimum Gasteiger partial charge on any atom is -0.380 e. The van der Waals surface area contributed by atoms with Gasteiger partial charge in [-0.05, 0) is 27.4 Å². The second-order valence-electron chi connectivity index (χ2n) is 2.57. The summed E-state index contributed by atoms with van der Waals surface area (Å²) in [6.07, 6.45) is 0. The summed E-state index contributed by atoms with van der Waals surface area (Å²) in [6, 6.07) is 8.22. The molecule has 0 aliphatic heterocycles. The molecule has 0 amide bonds. The van der Waals surface area contributed by atoms with Crippen molar-refractivity contribution in [3.05, 3.63) is 38.4 Å². The first-order valence-corrected chi connectivity index (χ1v) is 5.86. The van der Waals surface area contributed by atoms with Crippen LogP contribution in [0, 0.1) is 0 Å². The zero-order valence-corrected chi connectivity index (χ0v) is 11.0. The van der Waals surface area contributed by atoms with Crippen LogP contribution >= 0.6 is 38.5 Å². The highest BCUT2D eigenvalue weighted by molar-refractivity contribution is 14.1. The monoisotopic (exact) mass is 352 g/mol. The van der Waals surface area contributed by atoms with E-state index in [4.69, 9.17) is 4.74 Å². The maximum atomic E-state index is 5.09. The lowest BCUT2D eigenvalue weighted by atomic mass is 10.1. The topological polar surface area (TPSA) is 9.23 Å². The van der Waals surface area contributed by atoms with Gasteiger partial charge in [0.15, 0.2) is 0 Å². The number of hydrogen-bond donors (Lipinski definition) is 0. The van der Waals surface area contributed by atoms with Crippen LogP contribution < -0.4 is 0 Å². The molecule has 1 aromatic rings. The summed E-state index contributed by atoms with van der Waals surface area (Å²) >= 11 is 5.63. The Morgan fingerprint density at radius 1 is 1.46 bits per heavy atom. The summed E-state index contributed by atoms with van der Waals surface area (Å²) in [5, 5.41) is 0. The van der Waals surface area contributed by atoms with Crippen LogP contribution in [-0.4, -0.2) is 13.7 Å². The molecule has 1 nitrogen and oxygen atoms in total. The van der Waals surface area contributed by atoms with Crippen molar-refractivity contribution in [1.82, 2.24) is 0 Å². The van der Waals surface area contributed by atoms with Gasteiger partial charge < -0.3 is 4.74 Å². The van der Waals surface area contributed by atoms with Crippen molar-refractivity contribution in [2.24, 2.45) is 0 Å². The Labute approximate surface area is 100 Å². The van der Waals surface area contributed by atoms with E-state index in [2.05, 4.69) is 50.7 Å². The molecule has 0 aliphatic carbocycles. The van der Waals surface area contributed by atoms with E-state index in [9.17, 15) is 0 Å². The molecule has 0 N–H and O–H groups in total. The molecule has 70 valence electrons. The van der Waals surface area contributed by atoms with Crippen molar-refractivity contribution in [2.75, 3.05) is 13.7 Å². The van der Waals surface area contributed by atoms with Crippen molar-refractivity contribution < 1.29 is 4.74 Å². The fourth-order valence-electron chi connectivity index (χ4n) is 0.997. The third-order valence-electron chi connectivity index (χ3n) is 1.65. The summed E-state index contributed by atoms with van der Waals surface area (Å²) in [6.45, 7) is 0.657. The molecular formula is C10H10BrIO. The zero-order valence-electron chi connectivity index (χ0n) is 7.26.